The average Bonchev–Trinajstić information content (AvgIpc) is 2.93. The van der Waals surface area contributed by atoms with E-state index in [1.54, 1.807) is 23.9 Å². The van der Waals surface area contributed by atoms with Gasteiger partial charge < -0.3 is 9.80 Å². The Bertz CT molecular complexity index is 901. The Labute approximate surface area is 154 Å². The molecule has 0 aromatic heterocycles. The largest absolute Gasteiger partial charge is 0.314 e. The molecule has 4 rings (SSSR count). The fourth-order valence-electron chi connectivity index (χ4n) is 4.77. The van der Waals surface area contributed by atoms with Gasteiger partial charge in [0.05, 0.1) is 10.8 Å². The number of rotatable bonds is 1. The minimum atomic E-state index is -0.951. The molecule has 2 aliphatic heterocycles. The summed E-state index contributed by atoms with van der Waals surface area (Å²) in [4.78, 5) is 30.4. The van der Waals surface area contributed by atoms with E-state index in [0.29, 0.717) is 0 Å². The molecule has 0 N–H and O–H groups in total. The molecule has 0 bridgehead atoms. The summed E-state index contributed by atoms with van der Waals surface area (Å²) < 4.78 is 0. The molecule has 2 amide bonds. The first-order valence-electron chi connectivity index (χ1n) is 8.92. The van der Waals surface area contributed by atoms with E-state index in [1.165, 1.54) is 0 Å². The minimum Gasteiger partial charge on any atom is -0.314 e. The highest BCUT2D eigenvalue weighted by molar-refractivity contribution is 6.18. The van der Waals surface area contributed by atoms with Crippen molar-refractivity contribution in [1.82, 2.24) is 0 Å². The van der Waals surface area contributed by atoms with Gasteiger partial charge in [0.15, 0.2) is 0 Å². The molecule has 0 radical (unpaired) electrons. The highest BCUT2D eigenvalue weighted by Crippen LogP contribution is 2.57. The van der Waals surface area contributed by atoms with Crippen LogP contribution in [0.1, 0.15) is 36.1 Å². The first kappa shape index (κ1) is 16.8. The summed E-state index contributed by atoms with van der Waals surface area (Å²) in [6, 6.07) is 12.1. The number of amides is 2. The predicted octanol–water partition coefficient (Wildman–Crippen LogP) is 3.47. The summed E-state index contributed by atoms with van der Waals surface area (Å²) in [7, 11) is 3.59. The van der Waals surface area contributed by atoms with Gasteiger partial charge in [0.25, 0.3) is 0 Å². The highest BCUT2D eigenvalue weighted by Gasteiger charge is 2.65. The van der Waals surface area contributed by atoms with Crippen LogP contribution in [0.15, 0.2) is 36.4 Å². The Kier molecular flexibility index (Phi) is 3.22. The zero-order valence-corrected chi connectivity index (χ0v) is 16.2. The van der Waals surface area contributed by atoms with Crippen LogP contribution >= 0.6 is 0 Å². The third-order valence-electron chi connectivity index (χ3n) is 6.57. The lowest BCUT2D eigenvalue weighted by molar-refractivity contribution is -0.133. The summed E-state index contributed by atoms with van der Waals surface area (Å²) in [5.41, 5.74) is 3.92. The number of carbonyl (C=O) groups is 2. The molecule has 2 unspecified atom stereocenters. The zero-order valence-electron chi connectivity index (χ0n) is 16.2. The van der Waals surface area contributed by atoms with Crippen molar-refractivity contribution < 1.29 is 9.59 Å². The smallest absolute Gasteiger partial charge is 0.238 e. The van der Waals surface area contributed by atoms with Crippen LogP contribution in [0.5, 0.6) is 0 Å². The normalized spacial score (nSPS) is 27.2. The van der Waals surface area contributed by atoms with Crippen LogP contribution in [0, 0.1) is 13.8 Å². The molecule has 0 saturated carbocycles. The fraction of sp³-hybridized carbons (Fsp3) is 0.364. The van der Waals surface area contributed by atoms with Gasteiger partial charge in [-0.3, -0.25) is 9.59 Å². The van der Waals surface area contributed by atoms with Crippen LogP contribution in [0.25, 0.3) is 0 Å². The summed E-state index contributed by atoms with van der Waals surface area (Å²) >= 11 is 0. The first-order valence-corrected chi connectivity index (χ1v) is 8.92. The van der Waals surface area contributed by atoms with E-state index in [9.17, 15) is 9.59 Å². The molecule has 2 aromatic rings. The Morgan fingerprint density at radius 1 is 0.692 bits per heavy atom. The fourth-order valence-corrected chi connectivity index (χ4v) is 4.77. The highest BCUT2D eigenvalue weighted by atomic mass is 16.2. The van der Waals surface area contributed by atoms with E-state index in [4.69, 9.17) is 0 Å². The molecular formula is C22H24N2O2. The van der Waals surface area contributed by atoms with Crippen molar-refractivity contribution >= 4 is 23.2 Å². The van der Waals surface area contributed by atoms with Crippen LogP contribution in [-0.4, -0.2) is 25.9 Å². The van der Waals surface area contributed by atoms with E-state index in [-0.39, 0.29) is 11.8 Å². The average molecular weight is 348 g/mol. The number of hydrogen-bond donors (Lipinski definition) is 0. The minimum absolute atomic E-state index is 0.0308. The van der Waals surface area contributed by atoms with E-state index >= 15 is 0 Å². The molecular weight excluding hydrogens is 324 g/mol. The molecule has 0 aliphatic carbocycles. The number of carbonyl (C=O) groups excluding carboxylic acids is 2. The van der Waals surface area contributed by atoms with Crippen molar-refractivity contribution in [3.63, 3.8) is 0 Å². The molecule has 2 aromatic carbocycles. The molecule has 4 nitrogen and oxygen atoms in total. The van der Waals surface area contributed by atoms with Crippen molar-refractivity contribution in [2.45, 2.75) is 38.5 Å². The number of nitrogens with zero attached hydrogens (tertiary/aromatic N) is 2. The topological polar surface area (TPSA) is 40.6 Å². The number of anilines is 2. The van der Waals surface area contributed by atoms with Gasteiger partial charge in [-0.25, -0.2) is 0 Å². The maximum absolute atomic E-state index is 13.5. The first-order chi connectivity index (χ1) is 12.1. The van der Waals surface area contributed by atoms with E-state index in [1.807, 2.05) is 52.0 Å². The molecule has 134 valence electrons. The number of benzene rings is 2. The van der Waals surface area contributed by atoms with Crippen LogP contribution in [0.4, 0.5) is 11.4 Å². The molecule has 26 heavy (non-hydrogen) atoms. The maximum atomic E-state index is 13.5. The second-order valence-corrected chi connectivity index (χ2v) is 8.02. The van der Waals surface area contributed by atoms with Crippen molar-refractivity contribution in [1.29, 1.82) is 0 Å². The van der Waals surface area contributed by atoms with Gasteiger partial charge in [-0.05, 0) is 51.0 Å². The third kappa shape index (κ3) is 1.70. The number of hydrogen-bond acceptors (Lipinski definition) is 2. The third-order valence-corrected chi connectivity index (χ3v) is 6.57. The van der Waals surface area contributed by atoms with Crippen LogP contribution < -0.4 is 9.80 Å². The number of fused-ring (bicyclic) bond motifs is 2. The predicted molar refractivity (Wildman–Crippen MR) is 104 cm³/mol. The molecule has 2 atom stereocenters. The van der Waals surface area contributed by atoms with Gasteiger partial charge in [-0.15, -0.1) is 0 Å². The Morgan fingerprint density at radius 2 is 1.04 bits per heavy atom. The molecule has 0 fully saturated rings. The summed E-state index contributed by atoms with van der Waals surface area (Å²) in [5, 5.41) is 0. The quantitative estimate of drug-likeness (QED) is 0.792. The van der Waals surface area contributed by atoms with E-state index < -0.39 is 10.8 Å². The second kappa shape index (κ2) is 4.97. The summed E-state index contributed by atoms with van der Waals surface area (Å²) in [5.74, 6) is -0.0617. The number of likely N-dealkylation sites (N-methyl/N-ethyl adjacent to an activating group) is 2. The van der Waals surface area contributed by atoms with Crippen molar-refractivity contribution in [2.24, 2.45) is 0 Å². The maximum Gasteiger partial charge on any atom is 0.238 e. The summed E-state index contributed by atoms with van der Waals surface area (Å²) in [6.45, 7) is 7.90. The Hall–Kier alpha value is -2.62. The van der Waals surface area contributed by atoms with Gasteiger partial charge in [-0.2, -0.15) is 0 Å². The SMILES string of the molecule is Cc1ccc2c(c1)C(C)(C1(C)C(=O)N(C)c3ccc(C)cc31)C(=O)N2C. The molecule has 2 aliphatic rings. The Morgan fingerprint density at radius 3 is 1.38 bits per heavy atom. The van der Waals surface area contributed by atoms with E-state index in [0.717, 1.165) is 33.6 Å². The molecule has 0 spiro atoms. The molecule has 2 heterocycles. The van der Waals surface area contributed by atoms with Crippen LogP contribution in [0.3, 0.4) is 0 Å². The summed E-state index contributed by atoms with van der Waals surface area (Å²) in [6.07, 6.45) is 0. The lowest BCUT2D eigenvalue weighted by Crippen LogP contribution is -2.56. The van der Waals surface area contributed by atoms with Crippen molar-refractivity contribution in [3.8, 4) is 0 Å². The van der Waals surface area contributed by atoms with Crippen LogP contribution in [0.2, 0.25) is 0 Å². The zero-order chi connectivity index (χ0) is 19.0. The molecule has 0 saturated heterocycles. The lowest BCUT2D eigenvalue weighted by Gasteiger charge is -2.39. The van der Waals surface area contributed by atoms with Gasteiger partial charge >= 0.3 is 0 Å². The van der Waals surface area contributed by atoms with Gasteiger partial charge in [-0.1, -0.05) is 35.4 Å². The van der Waals surface area contributed by atoms with E-state index in [2.05, 4.69) is 12.1 Å². The van der Waals surface area contributed by atoms with Gasteiger partial charge in [0.1, 0.15) is 0 Å². The number of aryl methyl sites for hydroxylation is 2. The second-order valence-electron chi connectivity index (χ2n) is 8.02. The standard InChI is InChI=1S/C22H24N2O2/c1-13-7-9-17-15(11-13)21(3,19(25)23(17)5)22(4)16-12-14(2)8-10-18(16)24(6)20(22)26/h7-12H,1-6H3. The lowest BCUT2D eigenvalue weighted by atomic mass is 9.59. The van der Waals surface area contributed by atoms with Crippen molar-refractivity contribution in [3.05, 3.63) is 58.7 Å². The Balaban J connectivity index is 2.07. The van der Waals surface area contributed by atoms with Gasteiger partial charge in [0.2, 0.25) is 11.8 Å². The van der Waals surface area contributed by atoms with Crippen molar-refractivity contribution in [2.75, 3.05) is 23.9 Å². The molecule has 4 heteroatoms. The monoisotopic (exact) mass is 348 g/mol. The van der Waals surface area contributed by atoms with Gasteiger partial charge in [0, 0.05) is 25.5 Å². The van der Waals surface area contributed by atoms with Crippen LogP contribution in [-0.2, 0) is 20.4 Å².